The number of rotatable bonds is 4. The summed E-state index contributed by atoms with van der Waals surface area (Å²) in [5.41, 5.74) is -0.0483. The number of halogens is 1. The quantitative estimate of drug-likeness (QED) is 0.455. The number of hydrogen-bond acceptors (Lipinski definition) is 8. The van der Waals surface area contributed by atoms with Gasteiger partial charge in [-0.05, 0) is 12.1 Å². The molecule has 0 N–H and O–H groups in total. The number of methoxy groups -OCH3 is 2. The molecule has 0 fully saturated rings. The lowest BCUT2D eigenvalue weighted by atomic mass is 10.1. The summed E-state index contributed by atoms with van der Waals surface area (Å²) >= 11 is 5.90. The second-order valence-electron chi connectivity index (χ2n) is 4.61. The van der Waals surface area contributed by atoms with Gasteiger partial charge in [0.1, 0.15) is 17.5 Å². The summed E-state index contributed by atoms with van der Waals surface area (Å²) < 4.78 is 14.7. The molecule has 1 aromatic rings. The van der Waals surface area contributed by atoms with Crippen LogP contribution in [-0.2, 0) is 23.8 Å². The van der Waals surface area contributed by atoms with Crippen molar-refractivity contribution >= 4 is 34.9 Å². The Hall–Kier alpha value is -2.65. The zero-order chi connectivity index (χ0) is 17.9. The summed E-state index contributed by atoms with van der Waals surface area (Å²) in [5, 5.41) is 10.7. The Morgan fingerprint density at radius 2 is 1.96 bits per heavy atom. The fraction of sp³-hybridized carbons (Fsp3) is 0.286. The summed E-state index contributed by atoms with van der Waals surface area (Å²) in [6.07, 6.45) is 0. The SMILES string of the molecule is COC(=O)C1=C(C(=O)OC)N(c2ccc([N+](=O)[O-])c(Cl)c2)COC1. The molecule has 1 aromatic carbocycles. The molecule has 9 nitrogen and oxygen atoms in total. The fourth-order valence-corrected chi connectivity index (χ4v) is 2.40. The molecule has 0 spiro atoms. The maximum Gasteiger partial charge on any atom is 0.355 e. The zero-order valence-electron chi connectivity index (χ0n) is 12.8. The van der Waals surface area contributed by atoms with Crippen LogP contribution >= 0.6 is 11.6 Å². The number of benzene rings is 1. The third-order valence-corrected chi connectivity index (χ3v) is 3.58. The third-order valence-electron chi connectivity index (χ3n) is 3.27. The highest BCUT2D eigenvalue weighted by Gasteiger charge is 2.32. The van der Waals surface area contributed by atoms with Crippen molar-refractivity contribution in [2.45, 2.75) is 0 Å². The Morgan fingerprint density at radius 3 is 2.50 bits per heavy atom. The van der Waals surface area contributed by atoms with E-state index in [4.69, 9.17) is 21.1 Å². The van der Waals surface area contributed by atoms with Crippen molar-refractivity contribution in [3.8, 4) is 0 Å². The molecule has 0 radical (unpaired) electrons. The average molecular weight is 357 g/mol. The minimum Gasteiger partial charge on any atom is -0.466 e. The number of carbonyl (C=O) groups excluding carboxylic acids is 2. The minimum absolute atomic E-state index is 0.0231. The highest BCUT2D eigenvalue weighted by atomic mass is 35.5. The fourth-order valence-electron chi connectivity index (χ4n) is 2.16. The molecule has 0 unspecified atom stereocenters. The molecule has 0 aliphatic carbocycles. The molecule has 1 aliphatic heterocycles. The molecule has 0 bridgehead atoms. The van der Waals surface area contributed by atoms with Gasteiger partial charge < -0.3 is 19.1 Å². The van der Waals surface area contributed by atoms with Gasteiger partial charge in [-0.15, -0.1) is 0 Å². The van der Waals surface area contributed by atoms with Gasteiger partial charge >= 0.3 is 11.9 Å². The number of nitro groups is 1. The molecule has 10 heteroatoms. The standard InChI is InChI=1S/C14H13ClN2O7/c1-22-13(18)9-6-24-7-16(12(9)14(19)23-2)8-3-4-11(17(20)21)10(15)5-8/h3-5H,6-7H2,1-2H3. The van der Waals surface area contributed by atoms with Gasteiger partial charge in [0.05, 0.1) is 31.3 Å². The first-order valence-electron chi connectivity index (χ1n) is 6.59. The van der Waals surface area contributed by atoms with E-state index in [2.05, 4.69) is 4.74 Å². The smallest absolute Gasteiger partial charge is 0.355 e. The predicted molar refractivity (Wildman–Crippen MR) is 82.5 cm³/mol. The van der Waals surface area contributed by atoms with Crippen molar-refractivity contribution in [2.75, 3.05) is 32.5 Å². The van der Waals surface area contributed by atoms with Gasteiger partial charge in [-0.3, -0.25) is 10.1 Å². The molecule has 0 atom stereocenters. The Morgan fingerprint density at radius 1 is 1.29 bits per heavy atom. The predicted octanol–water partition coefficient (Wildman–Crippen LogP) is 1.64. The maximum atomic E-state index is 12.1. The molecule has 1 aliphatic rings. The zero-order valence-corrected chi connectivity index (χ0v) is 13.5. The highest BCUT2D eigenvalue weighted by molar-refractivity contribution is 6.33. The van der Waals surface area contributed by atoms with Crippen LogP contribution in [0.3, 0.4) is 0 Å². The van der Waals surface area contributed by atoms with Crippen molar-refractivity contribution in [1.29, 1.82) is 0 Å². The summed E-state index contributed by atoms with van der Waals surface area (Å²) in [5.74, 6) is -1.51. The number of ether oxygens (including phenoxy) is 3. The van der Waals surface area contributed by atoms with Gasteiger partial charge in [-0.1, -0.05) is 11.6 Å². The first kappa shape index (κ1) is 17.7. The molecule has 0 saturated carbocycles. The number of nitrogens with zero attached hydrogens (tertiary/aromatic N) is 2. The van der Waals surface area contributed by atoms with Crippen molar-refractivity contribution < 1.29 is 28.7 Å². The van der Waals surface area contributed by atoms with Crippen molar-refractivity contribution in [2.24, 2.45) is 0 Å². The van der Waals surface area contributed by atoms with Gasteiger partial charge in [0.2, 0.25) is 0 Å². The Kier molecular flexibility index (Phi) is 5.37. The second-order valence-corrected chi connectivity index (χ2v) is 5.02. The molecule has 1 heterocycles. The minimum atomic E-state index is -0.770. The van der Waals surface area contributed by atoms with Crippen LogP contribution in [-0.4, -0.2) is 44.4 Å². The van der Waals surface area contributed by atoms with E-state index in [0.29, 0.717) is 5.69 Å². The lowest BCUT2D eigenvalue weighted by Crippen LogP contribution is -2.38. The molecule has 0 aromatic heterocycles. The van der Waals surface area contributed by atoms with Crippen molar-refractivity contribution in [3.63, 3.8) is 0 Å². The number of carbonyl (C=O) groups is 2. The largest absolute Gasteiger partial charge is 0.466 e. The number of nitro benzene ring substituents is 1. The summed E-state index contributed by atoms with van der Waals surface area (Å²) in [6, 6.07) is 3.88. The van der Waals surface area contributed by atoms with E-state index in [0.717, 1.165) is 0 Å². The lowest BCUT2D eigenvalue weighted by molar-refractivity contribution is -0.384. The van der Waals surface area contributed by atoms with Gasteiger partial charge in [-0.25, -0.2) is 9.59 Å². The summed E-state index contributed by atoms with van der Waals surface area (Å²) in [6.45, 7) is -0.201. The van der Waals surface area contributed by atoms with Crippen LogP contribution in [0.15, 0.2) is 29.5 Å². The van der Waals surface area contributed by atoms with Gasteiger partial charge in [0.15, 0.2) is 0 Å². The van der Waals surface area contributed by atoms with Gasteiger partial charge in [0.25, 0.3) is 5.69 Å². The number of anilines is 1. The first-order valence-corrected chi connectivity index (χ1v) is 6.97. The number of esters is 2. The monoisotopic (exact) mass is 356 g/mol. The van der Waals surface area contributed by atoms with Crippen LogP contribution < -0.4 is 4.90 Å². The van der Waals surface area contributed by atoms with Crippen LogP contribution in [0.1, 0.15) is 0 Å². The highest BCUT2D eigenvalue weighted by Crippen LogP contribution is 2.32. The van der Waals surface area contributed by atoms with Crippen LogP contribution in [0.5, 0.6) is 0 Å². The Balaban J connectivity index is 2.54. The molecule has 0 saturated heterocycles. The second kappa shape index (κ2) is 7.28. The third kappa shape index (κ3) is 3.31. The molecular formula is C14H13ClN2O7. The van der Waals surface area contributed by atoms with E-state index >= 15 is 0 Å². The van der Waals surface area contributed by atoms with E-state index < -0.39 is 16.9 Å². The first-order chi connectivity index (χ1) is 11.4. The van der Waals surface area contributed by atoms with Crippen molar-refractivity contribution in [1.82, 2.24) is 0 Å². The lowest BCUT2D eigenvalue weighted by Gasteiger charge is -2.31. The van der Waals surface area contributed by atoms with Crippen LogP contribution in [0.25, 0.3) is 0 Å². The van der Waals surface area contributed by atoms with Gasteiger partial charge in [-0.2, -0.15) is 0 Å². The molecule has 0 amide bonds. The van der Waals surface area contributed by atoms with E-state index in [1.165, 1.54) is 37.3 Å². The van der Waals surface area contributed by atoms with E-state index in [1.54, 1.807) is 0 Å². The normalized spacial score (nSPS) is 14.4. The molecule has 24 heavy (non-hydrogen) atoms. The summed E-state index contributed by atoms with van der Waals surface area (Å²) in [4.78, 5) is 35.5. The van der Waals surface area contributed by atoms with Crippen molar-refractivity contribution in [3.05, 3.63) is 44.6 Å². The Labute approximate surface area is 141 Å². The van der Waals surface area contributed by atoms with E-state index in [-0.39, 0.29) is 35.3 Å². The Bertz CT molecular complexity index is 732. The van der Waals surface area contributed by atoms with Crippen LogP contribution in [0, 0.1) is 10.1 Å². The summed E-state index contributed by atoms with van der Waals surface area (Å²) in [7, 11) is 2.34. The molecule has 128 valence electrons. The van der Waals surface area contributed by atoms with Crippen LogP contribution in [0.4, 0.5) is 11.4 Å². The number of hydrogen-bond donors (Lipinski definition) is 0. The average Bonchev–Trinajstić information content (AvgIpc) is 2.59. The van der Waals surface area contributed by atoms with Gasteiger partial charge in [0, 0.05) is 11.8 Å². The molecular weight excluding hydrogens is 344 g/mol. The van der Waals surface area contributed by atoms with E-state index in [1.807, 2.05) is 0 Å². The molecule has 2 rings (SSSR count). The van der Waals surface area contributed by atoms with E-state index in [9.17, 15) is 19.7 Å². The maximum absolute atomic E-state index is 12.1. The topological polar surface area (TPSA) is 108 Å². The van der Waals surface area contributed by atoms with Crippen LogP contribution in [0.2, 0.25) is 5.02 Å².